The minimum absolute atomic E-state index is 0.276. The van der Waals surface area contributed by atoms with E-state index in [0.29, 0.717) is 6.04 Å². The van der Waals surface area contributed by atoms with Crippen LogP contribution in [-0.2, 0) is 9.31 Å². The van der Waals surface area contributed by atoms with Crippen LogP contribution in [0.2, 0.25) is 0 Å². The van der Waals surface area contributed by atoms with Crippen molar-refractivity contribution in [3.05, 3.63) is 24.3 Å². The lowest BCUT2D eigenvalue weighted by Gasteiger charge is -2.32. The van der Waals surface area contributed by atoms with Crippen LogP contribution >= 0.6 is 0 Å². The summed E-state index contributed by atoms with van der Waals surface area (Å²) < 4.78 is 12.2. The maximum Gasteiger partial charge on any atom is 0.494 e. The molecule has 2 heterocycles. The Morgan fingerprint density at radius 2 is 1.61 bits per heavy atom. The maximum atomic E-state index is 6.12. The Balaban J connectivity index is 1.69. The topological polar surface area (TPSA) is 24.9 Å². The SMILES string of the molecule is CN(C)[C@H]1CCN(c2ccc(B3OC(C)(C)C(C)(C)O3)cc2)C1. The molecule has 0 unspecified atom stereocenters. The van der Waals surface area contributed by atoms with Gasteiger partial charge in [-0.15, -0.1) is 0 Å². The van der Waals surface area contributed by atoms with Crippen LogP contribution in [0.3, 0.4) is 0 Å². The minimum Gasteiger partial charge on any atom is -0.399 e. The second-order valence-corrected chi connectivity index (χ2v) is 8.03. The Bertz CT molecular complexity index is 541. The van der Waals surface area contributed by atoms with Crippen molar-refractivity contribution < 1.29 is 9.31 Å². The Kier molecular flexibility index (Phi) is 4.24. The van der Waals surface area contributed by atoms with Gasteiger partial charge in [-0.25, -0.2) is 0 Å². The maximum absolute atomic E-state index is 6.12. The van der Waals surface area contributed by atoms with Gasteiger partial charge < -0.3 is 19.1 Å². The zero-order valence-electron chi connectivity index (χ0n) is 15.3. The molecule has 2 fully saturated rings. The standard InChI is InChI=1S/C18H29BN2O2/c1-17(2)18(3,4)23-19(22-17)14-7-9-15(10-8-14)21-12-11-16(13-21)20(5)6/h7-10,16H,11-13H2,1-6H3/t16-/m0/s1. The first-order chi connectivity index (χ1) is 10.7. The van der Waals surface area contributed by atoms with E-state index in [9.17, 15) is 0 Å². The van der Waals surface area contributed by atoms with Gasteiger partial charge in [0.2, 0.25) is 0 Å². The lowest BCUT2D eigenvalue weighted by Crippen LogP contribution is -2.41. The molecule has 2 aliphatic heterocycles. The van der Waals surface area contributed by atoms with Crippen LogP contribution in [-0.4, -0.2) is 56.4 Å². The Labute approximate surface area is 140 Å². The van der Waals surface area contributed by atoms with Crippen molar-refractivity contribution in [1.29, 1.82) is 0 Å². The second kappa shape index (κ2) is 5.80. The molecule has 0 aliphatic carbocycles. The highest BCUT2D eigenvalue weighted by atomic mass is 16.7. The number of hydrogen-bond donors (Lipinski definition) is 0. The largest absolute Gasteiger partial charge is 0.494 e. The summed E-state index contributed by atoms with van der Waals surface area (Å²) in [4.78, 5) is 4.78. The number of hydrogen-bond acceptors (Lipinski definition) is 4. The van der Waals surface area contributed by atoms with Crippen molar-refractivity contribution in [2.75, 3.05) is 32.1 Å². The predicted octanol–water partition coefficient (Wildman–Crippen LogP) is 2.13. The van der Waals surface area contributed by atoms with E-state index in [1.165, 1.54) is 12.1 Å². The molecule has 0 N–H and O–H groups in total. The zero-order chi connectivity index (χ0) is 16.8. The van der Waals surface area contributed by atoms with E-state index in [-0.39, 0.29) is 18.3 Å². The van der Waals surface area contributed by atoms with Gasteiger partial charge in [0, 0.05) is 24.8 Å². The van der Waals surface area contributed by atoms with E-state index in [0.717, 1.165) is 18.6 Å². The van der Waals surface area contributed by atoms with Crippen LogP contribution in [0, 0.1) is 0 Å². The van der Waals surface area contributed by atoms with Gasteiger partial charge in [0.15, 0.2) is 0 Å². The Morgan fingerprint density at radius 3 is 2.09 bits per heavy atom. The van der Waals surface area contributed by atoms with Crippen molar-refractivity contribution in [3.8, 4) is 0 Å². The molecule has 0 bridgehead atoms. The van der Waals surface area contributed by atoms with Gasteiger partial charge >= 0.3 is 7.12 Å². The van der Waals surface area contributed by atoms with Crippen LogP contribution in [0.15, 0.2) is 24.3 Å². The summed E-state index contributed by atoms with van der Waals surface area (Å²) in [6.45, 7) is 10.6. The van der Waals surface area contributed by atoms with Gasteiger partial charge in [-0.2, -0.15) is 0 Å². The number of rotatable bonds is 3. The molecule has 0 spiro atoms. The molecule has 1 atom stereocenters. The van der Waals surface area contributed by atoms with E-state index in [2.05, 4.69) is 75.9 Å². The van der Waals surface area contributed by atoms with Gasteiger partial charge in [0.25, 0.3) is 0 Å². The highest BCUT2D eigenvalue weighted by Gasteiger charge is 2.51. The number of benzene rings is 1. The predicted molar refractivity (Wildman–Crippen MR) is 96.5 cm³/mol. The molecule has 0 radical (unpaired) electrons. The van der Waals surface area contributed by atoms with Crippen molar-refractivity contribution in [2.24, 2.45) is 0 Å². The normalized spacial score (nSPS) is 26.3. The molecule has 0 saturated carbocycles. The number of anilines is 1. The van der Waals surface area contributed by atoms with Gasteiger partial charge in [0.1, 0.15) is 0 Å². The molecule has 2 saturated heterocycles. The van der Waals surface area contributed by atoms with E-state index in [1.54, 1.807) is 0 Å². The van der Waals surface area contributed by atoms with Crippen molar-refractivity contribution in [3.63, 3.8) is 0 Å². The zero-order valence-corrected chi connectivity index (χ0v) is 15.3. The summed E-state index contributed by atoms with van der Waals surface area (Å²) in [5.74, 6) is 0. The summed E-state index contributed by atoms with van der Waals surface area (Å²) in [5.41, 5.74) is 1.81. The van der Waals surface area contributed by atoms with Gasteiger partial charge in [0.05, 0.1) is 11.2 Å². The van der Waals surface area contributed by atoms with E-state index >= 15 is 0 Å². The summed E-state index contributed by atoms with van der Waals surface area (Å²) >= 11 is 0. The number of likely N-dealkylation sites (N-methyl/N-ethyl adjacent to an activating group) is 1. The van der Waals surface area contributed by atoms with Crippen LogP contribution in [0.5, 0.6) is 0 Å². The fraction of sp³-hybridized carbons (Fsp3) is 0.667. The van der Waals surface area contributed by atoms with Gasteiger partial charge in [-0.3, -0.25) is 0 Å². The first-order valence-corrected chi connectivity index (χ1v) is 8.56. The third-order valence-corrected chi connectivity index (χ3v) is 5.68. The van der Waals surface area contributed by atoms with E-state index in [4.69, 9.17) is 9.31 Å². The van der Waals surface area contributed by atoms with E-state index in [1.807, 2.05) is 0 Å². The van der Waals surface area contributed by atoms with Crippen LogP contribution < -0.4 is 10.4 Å². The summed E-state index contributed by atoms with van der Waals surface area (Å²) in [5, 5.41) is 0. The van der Waals surface area contributed by atoms with Gasteiger partial charge in [-0.1, -0.05) is 12.1 Å². The van der Waals surface area contributed by atoms with Crippen LogP contribution in [0.25, 0.3) is 0 Å². The lowest BCUT2D eigenvalue weighted by atomic mass is 9.79. The summed E-state index contributed by atoms with van der Waals surface area (Å²) in [7, 11) is 4.05. The molecule has 5 heteroatoms. The average Bonchev–Trinajstić information content (AvgIpc) is 3.03. The van der Waals surface area contributed by atoms with E-state index < -0.39 is 0 Å². The second-order valence-electron chi connectivity index (χ2n) is 8.03. The van der Waals surface area contributed by atoms with Crippen LogP contribution in [0.4, 0.5) is 5.69 Å². The molecule has 1 aromatic carbocycles. The van der Waals surface area contributed by atoms with Crippen molar-refractivity contribution >= 4 is 18.3 Å². The first kappa shape index (κ1) is 16.8. The fourth-order valence-electron chi connectivity index (χ4n) is 3.22. The summed E-state index contributed by atoms with van der Waals surface area (Å²) in [6, 6.07) is 9.32. The average molecular weight is 316 g/mol. The van der Waals surface area contributed by atoms with Gasteiger partial charge in [-0.05, 0) is 65.8 Å². The number of nitrogens with zero attached hydrogens (tertiary/aromatic N) is 2. The van der Waals surface area contributed by atoms with Crippen molar-refractivity contribution in [2.45, 2.75) is 51.4 Å². The third kappa shape index (κ3) is 3.15. The molecule has 0 aromatic heterocycles. The van der Waals surface area contributed by atoms with Crippen LogP contribution in [0.1, 0.15) is 34.1 Å². The molecular formula is C18H29BN2O2. The monoisotopic (exact) mass is 316 g/mol. The van der Waals surface area contributed by atoms with Crippen molar-refractivity contribution in [1.82, 2.24) is 4.90 Å². The smallest absolute Gasteiger partial charge is 0.399 e. The summed E-state index contributed by atoms with van der Waals surface area (Å²) in [6.07, 6.45) is 1.23. The Hall–Kier alpha value is -1.04. The highest BCUT2D eigenvalue weighted by Crippen LogP contribution is 2.36. The molecular weight excluding hydrogens is 287 g/mol. The molecule has 1 aromatic rings. The Morgan fingerprint density at radius 1 is 1.04 bits per heavy atom. The fourth-order valence-corrected chi connectivity index (χ4v) is 3.22. The molecule has 0 amide bonds. The third-order valence-electron chi connectivity index (χ3n) is 5.68. The quantitative estimate of drug-likeness (QED) is 0.798. The molecule has 23 heavy (non-hydrogen) atoms. The first-order valence-electron chi connectivity index (χ1n) is 8.56. The molecule has 4 nitrogen and oxygen atoms in total. The molecule has 3 rings (SSSR count). The highest BCUT2D eigenvalue weighted by molar-refractivity contribution is 6.62. The molecule has 2 aliphatic rings. The molecule has 126 valence electrons. The minimum atomic E-state index is -0.287. The lowest BCUT2D eigenvalue weighted by molar-refractivity contribution is 0.00578.